The monoisotopic (exact) mass is 969 g/mol. The average Bonchev–Trinajstić information content (AvgIpc) is 3.85. The van der Waals surface area contributed by atoms with E-state index in [0.29, 0.717) is 0 Å². The van der Waals surface area contributed by atoms with Crippen molar-refractivity contribution in [3.05, 3.63) is 180 Å². The second kappa shape index (κ2) is 14.4. The molecular formula is C55H58N4Pt. The molecule has 6 aromatic carbocycles. The SMILES string of the molecule is CC(C)(C)c1cc[c-]c(N2[CH-]N(C3(N4[CH-]N(c5[c-]ccc(C(C)(C)C)c5)c5cc(C(C)(C)C)ccc54)c4ccccc4-c4ccccc43)c3ccc(C(C)(C)C)cc32)c1.[Pt+4]. The van der Waals surface area contributed by atoms with Crippen molar-refractivity contribution in [2.45, 2.75) is 110 Å². The van der Waals surface area contributed by atoms with E-state index in [1.165, 1.54) is 44.5 Å². The smallest absolute Gasteiger partial charge is 0.494 e. The van der Waals surface area contributed by atoms with Gasteiger partial charge in [-0.2, -0.15) is 47.5 Å². The van der Waals surface area contributed by atoms with Gasteiger partial charge in [-0.15, -0.1) is 36.8 Å². The molecular weight excluding hydrogens is 912 g/mol. The van der Waals surface area contributed by atoms with Gasteiger partial charge in [-0.3, -0.25) is 0 Å². The predicted molar refractivity (Wildman–Crippen MR) is 249 cm³/mol. The number of benzene rings is 6. The topological polar surface area (TPSA) is 13.0 Å². The van der Waals surface area contributed by atoms with Crippen molar-refractivity contribution in [1.82, 2.24) is 0 Å². The summed E-state index contributed by atoms with van der Waals surface area (Å²) in [5.74, 6) is 0. The Morgan fingerprint density at radius 1 is 0.417 bits per heavy atom. The standard InChI is InChI=1S/C55H58N4.Pt/c1-51(2,3)37-19-17-21-41(31-37)56-35-58(47-29-27-39(33-49(47)56)53(7,8)9)55(45-25-15-13-23-43(45)44-24-14-16-26-46(44)55)59-36-57(42-22-18-20-38(32-42)52(4,5)6)50-34-40(54(10,11)12)28-30-48(50)59;/h13-20,23-36H,1-12H3;/q-4;+4. The summed E-state index contributed by atoms with van der Waals surface area (Å²) in [6, 6.07) is 52.8. The molecule has 9 rings (SSSR count). The van der Waals surface area contributed by atoms with Crippen LogP contribution in [0.4, 0.5) is 34.1 Å². The Bertz CT molecular complexity index is 2410. The first kappa shape index (κ1) is 41.9. The Labute approximate surface area is 374 Å². The van der Waals surface area contributed by atoms with E-state index in [4.69, 9.17) is 0 Å². The van der Waals surface area contributed by atoms with Gasteiger partial charge >= 0.3 is 21.1 Å². The molecule has 0 aromatic heterocycles. The Morgan fingerprint density at radius 2 is 0.767 bits per heavy atom. The Balaban J connectivity index is 0.00000499. The van der Waals surface area contributed by atoms with Gasteiger partial charge in [0.05, 0.1) is 0 Å². The van der Waals surface area contributed by atoms with Crippen LogP contribution in [0.25, 0.3) is 11.1 Å². The van der Waals surface area contributed by atoms with Crippen LogP contribution < -0.4 is 19.6 Å². The molecule has 0 saturated carbocycles. The minimum absolute atomic E-state index is 0. The second-order valence-corrected chi connectivity index (χ2v) is 20.8. The molecule has 0 saturated heterocycles. The van der Waals surface area contributed by atoms with Gasteiger partial charge in [0.15, 0.2) is 0 Å². The molecule has 4 nitrogen and oxygen atoms in total. The summed E-state index contributed by atoms with van der Waals surface area (Å²) in [7, 11) is 0. The fourth-order valence-electron chi connectivity index (χ4n) is 9.10. The summed E-state index contributed by atoms with van der Waals surface area (Å²) in [5, 5.41) is 0. The van der Waals surface area contributed by atoms with Gasteiger partial charge in [0.2, 0.25) is 0 Å². The summed E-state index contributed by atoms with van der Waals surface area (Å²) >= 11 is 0. The third-order valence-electron chi connectivity index (χ3n) is 12.6. The number of hydrogen-bond acceptors (Lipinski definition) is 4. The average molecular weight is 970 g/mol. The van der Waals surface area contributed by atoms with E-state index in [-0.39, 0.29) is 42.7 Å². The van der Waals surface area contributed by atoms with Crippen molar-refractivity contribution in [1.29, 1.82) is 0 Å². The van der Waals surface area contributed by atoms with Crippen molar-refractivity contribution >= 4 is 34.1 Å². The molecule has 60 heavy (non-hydrogen) atoms. The third-order valence-corrected chi connectivity index (χ3v) is 12.6. The molecule has 0 N–H and O–H groups in total. The maximum Gasteiger partial charge on any atom is 4.00 e. The summed E-state index contributed by atoms with van der Waals surface area (Å²) in [4.78, 5) is 9.86. The normalized spacial score (nSPS) is 15.7. The maximum atomic E-state index is 3.67. The number of fused-ring (bicyclic) bond motifs is 5. The number of nitrogens with zero attached hydrogens (tertiary/aromatic N) is 4. The zero-order valence-corrected chi connectivity index (χ0v) is 39.6. The predicted octanol–water partition coefficient (Wildman–Crippen LogP) is 14.2. The fourth-order valence-corrected chi connectivity index (χ4v) is 9.10. The molecule has 0 atom stereocenters. The van der Waals surface area contributed by atoms with Crippen LogP contribution in [0.1, 0.15) is 116 Å². The van der Waals surface area contributed by atoms with E-state index < -0.39 is 5.66 Å². The Morgan fingerprint density at radius 3 is 1.13 bits per heavy atom. The zero-order valence-electron chi connectivity index (χ0n) is 37.3. The van der Waals surface area contributed by atoms with Crippen LogP contribution in [0.3, 0.4) is 0 Å². The molecule has 308 valence electrons. The van der Waals surface area contributed by atoms with Gasteiger partial charge in [-0.1, -0.05) is 144 Å². The number of hydrogen-bond donors (Lipinski definition) is 0. The summed E-state index contributed by atoms with van der Waals surface area (Å²) < 4.78 is 0. The fraction of sp³-hybridized carbons (Fsp3) is 0.309. The molecule has 0 bridgehead atoms. The molecule has 0 spiro atoms. The molecule has 0 amide bonds. The molecule has 2 aliphatic heterocycles. The van der Waals surface area contributed by atoms with Crippen LogP contribution in [-0.4, -0.2) is 0 Å². The van der Waals surface area contributed by atoms with Gasteiger partial charge in [0.1, 0.15) is 5.66 Å². The van der Waals surface area contributed by atoms with Crippen molar-refractivity contribution < 1.29 is 21.1 Å². The minimum atomic E-state index is -0.823. The van der Waals surface area contributed by atoms with Gasteiger partial charge in [-0.25, -0.2) is 0 Å². The minimum Gasteiger partial charge on any atom is -0.494 e. The quantitative estimate of drug-likeness (QED) is 0.163. The third kappa shape index (κ3) is 6.69. The van der Waals surface area contributed by atoms with Crippen molar-refractivity contribution in [3.8, 4) is 11.1 Å². The first-order valence-electron chi connectivity index (χ1n) is 21.2. The molecule has 0 fully saturated rings. The van der Waals surface area contributed by atoms with E-state index in [1.54, 1.807) is 0 Å². The largest absolute Gasteiger partial charge is 4.00 e. The van der Waals surface area contributed by atoms with E-state index >= 15 is 0 Å². The number of anilines is 6. The van der Waals surface area contributed by atoms with Crippen molar-refractivity contribution in [2.24, 2.45) is 0 Å². The molecule has 6 aromatic rings. The molecule has 2 heterocycles. The van der Waals surface area contributed by atoms with Crippen LogP contribution in [0.2, 0.25) is 0 Å². The van der Waals surface area contributed by atoms with Crippen LogP contribution in [-0.2, 0) is 48.4 Å². The van der Waals surface area contributed by atoms with Gasteiger partial charge in [0.25, 0.3) is 0 Å². The van der Waals surface area contributed by atoms with E-state index in [2.05, 4.69) is 249 Å². The van der Waals surface area contributed by atoms with Gasteiger partial charge in [-0.05, 0) is 68.2 Å². The first-order valence-corrected chi connectivity index (χ1v) is 21.2. The van der Waals surface area contributed by atoms with Crippen molar-refractivity contribution in [2.75, 3.05) is 19.6 Å². The summed E-state index contributed by atoms with van der Waals surface area (Å²) in [5.41, 5.74) is 15.8. The second-order valence-electron chi connectivity index (χ2n) is 20.8. The van der Waals surface area contributed by atoms with E-state index in [0.717, 1.165) is 34.1 Å². The first-order chi connectivity index (χ1) is 27.8. The zero-order chi connectivity index (χ0) is 41.9. The van der Waals surface area contributed by atoms with Gasteiger partial charge < -0.3 is 19.6 Å². The summed E-state index contributed by atoms with van der Waals surface area (Å²) in [6.07, 6.45) is 0. The Hall–Kier alpha value is -4.79. The van der Waals surface area contributed by atoms with Crippen LogP contribution in [0.15, 0.2) is 121 Å². The number of rotatable bonds is 4. The molecule has 0 radical (unpaired) electrons. The van der Waals surface area contributed by atoms with E-state index in [1.807, 2.05) is 0 Å². The molecule has 1 aliphatic carbocycles. The van der Waals surface area contributed by atoms with E-state index in [9.17, 15) is 0 Å². The molecule has 0 unspecified atom stereocenters. The summed E-state index contributed by atoms with van der Waals surface area (Å²) in [6.45, 7) is 32.2. The van der Waals surface area contributed by atoms with Crippen LogP contribution in [0, 0.1) is 25.5 Å². The van der Waals surface area contributed by atoms with Crippen LogP contribution in [0.5, 0.6) is 0 Å². The molecule has 3 aliphatic rings. The van der Waals surface area contributed by atoms with Crippen LogP contribution >= 0.6 is 0 Å². The van der Waals surface area contributed by atoms with Crippen molar-refractivity contribution in [3.63, 3.8) is 0 Å². The molecule has 5 heteroatoms. The Kier molecular flexibility index (Phi) is 10.1. The maximum absolute atomic E-state index is 3.67. The van der Waals surface area contributed by atoms with Gasteiger partial charge in [0, 0.05) is 33.9 Å².